The molecule has 1 N–H and O–H groups in total. The van der Waals surface area contributed by atoms with Crippen molar-refractivity contribution in [1.29, 1.82) is 0 Å². The maximum Gasteiger partial charge on any atom is 0.331 e. The number of rotatable bonds is 5. The summed E-state index contributed by atoms with van der Waals surface area (Å²) in [5, 5.41) is 11.4. The van der Waals surface area contributed by atoms with E-state index in [1.807, 2.05) is 17.5 Å². The molecule has 114 valence electrons. The lowest BCUT2D eigenvalue weighted by Crippen LogP contribution is -2.48. The maximum absolute atomic E-state index is 12.5. The molecule has 0 radical (unpaired) electrons. The minimum absolute atomic E-state index is 0.219. The number of carbonyl (C=O) groups excluding carboxylic acids is 1. The molecule has 0 bridgehead atoms. The van der Waals surface area contributed by atoms with Gasteiger partial charge in [0.2, 0.25) is 0 Å². The monoisotopic (exact) mass is 308 g/mol. The van der Waals surface area contributed by atoms with Crippen LogP contribution in [0.1, 0.15) is 29.3 Å². The lowest BCUT2D eigenvalue weighted by atomic mass is 10.0. The van der Waals surface area contributed by atoms with Crippen LogP contribution in [0.4, 0.5) is 4.79 Å². The normalized spacial score (nSPS) is 17.2. The summed E-state index contributed by atoms with van der Waals surface area (Å²) in [6.45, 7) is 4.71. The van der Waals surface area contributed by atoms with Crippen LogP contribution in [0.15, 0.2) is 24.1 Å². The van der Waals surface area contributed by atoms with Crippen molar-refractivity contribution in [1.82, 2.24) is 9.80 Å². The molecule has 21 heavy (non-hydrogen) atoms. The zero-order valence-corrected chi connectivity index (χ0v) is 12.9. The summed E-state index contributed by atoms with van der Waals surface area (Å²) in [5.41, 5.74) is 0.756. The summed E-state index contributed by atoms with van der Waals surface area (Å²) in [4.78, 5) is 28.2. The van der Waals surface area contributed by atoms with E-state index < -0.39 is 12.0 Å². The van der Waals surface area contributed by atoms with E-state index in [1.54, 1.807) is 23.3 Å². The largest absolute Gasteiger partial charge is 0.479 e. The average Bonchev–Trinajstić information content (AvgIpc) is 2.93. The third kappa shape index (κ3) is 3.26. The third-order valence-electron chi connectivity index (χ3n) is 3.67. The van der Waals surface area contributed by atoms with Crippen molar-refractivity contribution in [2.24, 2.45) is 0 Å². The first-order valence-corrected chi connectivity index (χ1v) is 7.86. The number of carbonyl (C=O) groups is 2. The lowest BCUT2D eigenvalue weighted by molar-refractivity contribution is -0.143. The van der Waals surface area contributed by atoms with E-state index in [-0.39, 0.29) is 6.03 Å². The molecule has 1 unspecified atom stereocenters. The minimum Gasteiger partial charge on any atom is -0.479 e. The highest BCUT2D eigenvalue weighted by atomic mass is 32.1. The second kappa shape index (κ2) is 6.76. The van der Waals surface area contributed by atoms with Gasteiger partial charge in [0.25, 0.3) is 0 Å². The van der Waals surface area contributed by atoms with Gasteiger partial charge < -0.3 is 14.9 Å². The molecule has 1 aromatic heterocycles. The number of amides is 2. The van der Waals surface area contributed by atoms with Gasteiger partial charge in [-0.2, -0.15) is 0 Å². The zero-order chi connectivity index (χ0) is 15.4. The van der Waals surface area contributed by atoms with E-state index in [1.165, 1.54) is 4.90 Å². The van der Waals surface area contributed by atoms with E-state index in [0.717, 1.165) is 29.7 Å². The highest BCUT2D eigenvalue weighted by Gasteiger charge is 2.37. The van der Waals surface area contributed by atoms with Crippen LogP contribution in [0, 0.1) is 0 Å². The van der Waals surface area contributed by atoms with Gasteiger partial charge in [0, 0.05) is 25.0 Å². The third-order valence-corrected chi connectivity index (χ3v) is 4.67. The molecule has 1 aliphatic heterocycles. The second-order valence-corrected chi connectivity index (χ2v) is 6.12. The molecule has 6 heteroatoms. The van der Waals surface area contributed by atoms with Gasteiger partial charge in [-0.05, 0) is 36.3 Å². The van der Waals surface area contributed by atoms with Gasteiger partial charge in [-0.1, -0.05) is 6.08 Å². The lowest BCUT2D eigenvalue weighted by Gasteiger charge is -2.35. The smallest absolute Gasteiger partial charge is 0.331 e. The first kappa shape index (κ1) is 15.6. The van der Waals surface area contributed by atoms with Crippen LogP contribution in [0.5, 0.6) is 0 Å². The van der Waals surface area contributed by atoms with Crippen LogP contribution >= 0.6 is 11.3 Å². The fourth-order valence-corrected chi connectivity index (χ4v) is 3.48. The topological polar surface area (TPSA) is 60.9 Å². The molecule has 1 aromatic rings. The number of carboxylic acids is 1. The van der Waals surface area contributed by atoms with Crippen LogP contribution in [-0.2, 0) is 11.2 Å². The molecular formula is C15H20N2O3S. The number of unbranched alkanes of at least 4 members (excludes halogenated alkanes) is 1. The Kier molecular flexibility index (Phi) is 5.01. The average molecular weight is 308 g/mol. The molecule has 5 nitrogen and oxygen atoms in total. The Bertz CT molecular complexity index is 541. The number of aliphatic carboxylic acids is 1. The van der Waals surface area contributed by atoms with Gasteiger partial charge >= 0.3 is 12.0 Å². The first-order chi connectivity index (χ1) is 10.1. The standard InChI is InChI=1S/C15H20N2O3S/c1-3-4-5-8-16(2)15(20)17-9-6-12-11(7-10-21-12)13(17)14(18)19/h3,7,10,13H,1,4-6,8-9H2,2H3,(H,18,19). The van der Waals surface area contributed by atoms with E-state index in [0.29, 0.717) is 13.1 Å². The Balaban J connectivity index is 2.13. The molecule has 0 saturated carbocycles. The number of hydrogen-bond acceptors (Lipinski definition) is 3. The van der Waals surface area contributed by atoms with Crippen molar-refractivity contribution in [2.45, 2.75) is 25.3 Å². The molecule has 1 aliphatic rings. The number of carboxylic acid groups (broad SMARTS) is 1. The van der Waals surface area contributed by atoms with Crippen molar-refractivity contribution >= 4 is 23.3 Å². The molecule has 2 rings (SSSR count). The van der Waals surface area contributed by atoms with Crippen LogP contribution < -0.4 is 0 Å². The molecule has 2 heterocycles. The zero-order valence-electron chi connectivity index (χ0n) is 12.1. The summed E-state index contributed by atoms with van der Waals surface area (Å²) in [7, 11) is 1.72. The highest BCUT2D eigenvalue weighted by Crippen LogP contribution is 2.33. The number of allylic oxidation sites excluding steroid dienone is 1. The van der Waals surface area contributed by atoms with Gasteiger partial charge in [-0.15, -0.1) is 17.9 Å². The fourth-order valence-electron chi connectivity index (χ4n) is 2.58. The second-order valence-electron chi connectivity index (χ2n) is 5.12. The van der Waals surface area contributed by atoms with Crippen LogP contribution in [0.3, 0.4) is 0 Å². The van der Waals surface area contributed by atoms with Crippen molar-refractivity contribution in [3.63, 3.8) is 0 Å². The predicted molar refractivity (Wildman–Crippen MR) is 82.6 cm³/mol. The molecule has 0 aromatic carbocycles. The number of fused-ring (bicyclic) bond motifs is 1. The molecular weight excluding hydrogens is 288 g/mol. The Morgan fingerprint density at radius 2 is 2.38 bits per heavy atom. The molecule has 1 atom stereocenters. The van der Waals surface area contributed by atoms with Gasteiger partial charge in [0.1, 0.15) is 0 Å². The van der Waals surface area contributed by atoms with E-state index in [4.69, 9.17) is 0 Å². The van der Waals surface area contributed by atoms with Crippen molar-refractivity contribution in [3.05, 3.63) is 34.5 Å². The minimum atomic E-state index is -0.970. The molecule has 0 spiro atoms. The Morgan fingerprint density at radius 3 is 3.05 bits per heavy atom. The van der Waals surface area contributed by atoms with Crippen LogP contribution in [0.2, 0.25) is 0 Å². The van der Waals surface area contributed by atoms with Crippen LogP contribution in [-0.4, -0.2) is 47.0 Å². The summed E-state index contributed by atoms with van der Waals surface area (Å²) < 4.78 is 0. The van der Waals surface area contributed by atoms with Crippen molar-refractivity contribution < 1.29 is 14.7 Å². The van der Waals surface area contributed by atoms with Gasteiger partial charge in [0.15, 0.2) is 6.04 Å². The Morgan fingerprint density at radius 1 is 1.62 bits per heavy atom. The molecule has 0 saturated heterocycles. The predicted octanol–water partition coefficient (Wildman–Crippen LogP) is 2.75. The summed E-state index contributed by atoms with van der Waals surface area (Å²) >= 11 is 1.56. The highest BCUT2D eigenvalue weighted by molar-refractivity contribution is 7.10. The fraction of sp³-hybridized carbons (Fsp3) is 0.467. The van der Waals surface area contributed by atoms with Gasteiger partial charge in [-0.3, -0.25) is 0 Å². The first-order valence-electron chi connectivity index (χ1n) is 6.98. The molecule has 0 aliphatic carbocycles. The van der Waals surface area contributed by atoms with Crippen molar-refractivity contribution in [3.8, 4) is 0 Å². The number of nitrogens with zero attached hydrogens (tertiary/aromatic N) is 2. The van der Waals surface area contributed by atoms with Gasteiger partial charge in [-0.25, -0.2) is 9.59 Å². The van der Waals surface area contributed by atoms with Crippen LogP contribution in [0.25, 0.3) is 0 Å². The van der Waals surface area contributed by atoms with E-state index >= 15 is 0 Å². The molecule has 2 amide bonds. The molecule has 0 fully saturated rings. The number of thiophene rings is 1. The SMILES string of the molecule is C=CCCCN(C)C(=O)N1CCc2sccc2C1C(=O)O. The quantitative estimate of drug-likeness (QED) is 0.672. The van der Waals surface area contributed by atoms with E-state index in [2.05, 4.69) is 6.58 Å². The Hall–Kier alpha value is -1.82. The van der Waals surface area contributed by atoms with Crippen molar-refractivity contribution in [2.75, 3.05) is 20.1 Å². The summed E-state index contributed by atoms with van der Waals surface area (Å²) in [5.74, 6) is -0.970. The Labute approximate surface area is 128 Å². The van der Waals surface area contributed by atoms with E-state index in [9.17, 15) is 14.7 Å². The number of urea groups is 1. The number of hydrogen-bond donors (Lipinski definition) is 1. The summed E-state index contributed by atoms with van der Waals surface area (Å²) in [6, 6.07) is 0.730. The van der Waals surface area contributed by atoms with Gasteiger partial charge in [0.05, 0.1) is 0 Å². The summed E-state index contributed by atoms with van der Waals surface area (Å²) in [6.07, 6.45) is 4.22. The maximum atomic E-state index is 12.5.